The zero-order chi connectivity index (χ0) is 43.9. The number of halogens is 4. The number of piperidine rings is 1. The van der Waals surface area contributed by atoms with Crippen molar-refractivity contribution in [1.29, 1.82) is 0 Å². The van der Waals surface area contributed by atoms with E-state index in [2.05, 4.69) is 49.5 Å². The van der Waals surface area contributed by atoms with Crippen molar-refractivity contribution in [2.24, 2.45) is 0 Å². The Balaban J connectivity index is 0.00000374. The molecule has 0 bridgehead atoms. The number of nitrogens with zero attached hydrogens (tertiary/aromatic N) is 7. The number of benzene rings is 2. The number of nitrogens with two attached hydrogens (primary N) is 2. The van der Waals surface area contributed by atoms with Crippen LogP contribution in [0.15, 0.2) is 97.6 Å². The fourth-order valence-electron chi connectivity index (χ4n) is 7.78. The third-order valence-corrected chi connectivity index (χ3v) is 11.4. The highest BCUT2D eigenvalue weighted by Crippen LogP contribution is 2.25. The van der Waals surface area contributed by atoms with Crippen molar-refractivity contribution in [2.45, 2.75) is 57.7 Å². The molecule has 1 atom stereocenters. The largest absolute Gasteiger partial charge is 1.00 e. The van der Waals surface area contributed by atoms with Crippen molar-refractivity contribution in [3.05, 3.63) is 131 Å². The van der Waals surface area contributed by atoms with Crippen LogP contribution < -0.4 is 38.7 Å². The first-order valence-electron chi connectivity index (χ1n) is 20.9. The number of aryl methyl sites for hydroxylation is 2. The van der Waals surface area contributed by atoms with E-state index in [1.54, 1.807) is 48.7 Å². The number of pyridine rings is 2. The van der Waals surface area contributed by atoms with Crippen molar-refractivity contribution < 1.29 is 40.7 Å². The molecule has 0 aliphatic carbocycles. The van der Waals surface area contributed by atoms with Crippen LogP contribution in [0, 0.1) is 0 Å². The van der Waals surface area contributed by atoms with Gasteiger partial charge in [0.2, 0.25) is 0 Å². The third kappa shape index (κ3) is 16.5. The Morgan fingerprint density at radius 2 is 1.23 bits per heavy atom. The number of quaternary nitrogens is 1. The summed E-state index contributed by atoms with van der Waals surface area (Å²) in [4.78, 5) is 58.4. The minimum Gasteiger partial charge on any atom is -1.00 e. The number of nitrogens with one attached hydrogen (secondary N) is 1. The smallest absolute Gasteiger partial charge is 0.274 e. The van der Waals surface area contributed by atoms with Crippen molar-refractivity contribution in [3.8, 4) is 11.5 Å². The van der Waals surface area contributed by atoms with E-state index in [0.29, 0.717) is 24.6 Å². The molecular weight excluding hydrogens is 914 g/mol. The molecule has 0 radical (unpaired) electrons. The lowest BCUT2D eigenvalue weighted by atomic mass is 9.99. The Hall–Kier alpha value is -5.45. The monoisotopic (exact) mass is 970 g/mol. The van der Waals surface area contributed by atoms with Crippen molar-refractivity contribution in [1.82, 2.24) is 35.1 Å². The standard InChI is InChI=1S/C46H55ClN10O5.3ClH/c1-55(28-35-8-3-21-50-26-35)40(58)31-61-38-17-13-33(14-18-38)10-5-23-57(25-7-12-37(30-57)52-46(60)42-44(48)54-45(49)43(47)53-42)24-6-11-34-15-19-39(20-16-34)62-32-41(59)56(2)29-36-9-4-22-51-27-36;;;/h3-4,8-9,13-22,26-27,37H,5-7,10-12,23-25,28-32H2,1-2H3,(H4-,48,49,52,54,60);3*1H/t37-;;;/m0.../s1. The Kier molecular flexibility index (Phi) is 22.0. The first kappa shape index (κ1) is 53.9. The molecule has 0 saturated carbocycles. The highest BCUT2D eigenvalue weighted by molar-refractivity contribution is 6.31. The number of likely N-dealkylation sites (tertiary alicyclic amines) is 1. The van der Waals surface area contributed by atoms with Crippen LogP contribution in [0.1, 0.15) is 58.4 Å². The predicted octanol–water partition coefficient (Wildman–Crippen LogP) is 2.98. The van der Waals surface area contributed by atoms with Crippen LogP contribution in [0.4, 0.5) is 11.6 Å². The second kappa shape index (κ2) is 26.5. The molecule has 4 heterocycles. The Morgan fingerprint density at radius 3 is 1.69 bits per heavy atom. The van der Waals surface area contributed by atoms with Gasteiger partial charge in [0.1, 0.15) is 11.5 Å². The van der Waals surface area contributed by atoms with E-state index in [4.69, 9.17) is 32.5 Å². The zero-order valence-electron chi connectivity index (χ0n) is 36.6. The van der Waals surface area contributed by atoms with E-state index in [-0.39, 0.29) is 90.8 Å². The molecule has 1 aliphatic heterocycles. The maximum atomic E-state index is 13.4. The van der Waals surface area contributed by atoms with Gasteiger partial charge >= 0.3 is 0 Å². The molecule has 0 spiro atoms. The molecule has 1 fully saturated rings. The van der Waals surface area contributed by atoms with Gasteiger partial charge < -0.3 is 52.9 Å². The van der Waals surface area contributed by atoms with Crippen molar-refractivity contribution in [2.75, 3.05) is 65.0 Å². The lowest BCUT2D eigenvalue weighted by molar-refractivity contribution is -0.933. The number of nitrogen functional groups attached to an aromatic ring is 2. The van der Waals surface area contributed by atoms with Gasteiger partial charge in [0, 0.05) is 64.8 Å². The van der Waals surface area contributed by atoms with E-state index in [0.717, 1.165) is 80.3 Å². The number of rotatable bonds is 20. The number of carbonyl (C=O) groups excluding carboxylic acids is 3. The Bertz CT molecular complexity index is 2140. The van der Waals surface area contributed by atoms with Crippen molar-refractivity contribution >= 4 is 65.8 Å². The van der Waals surface area contributed by atoms with Crippen LogP contribution in [0.25, 0.3) is 0 Å². The third-order valence-electron chi connectivity index (χ3n) is 11.2. The summed E-state index contributed by atoms with van der Waals surface area (Å²) in [5.74, 6) is 0.536. The average molecular weight is 973 g/mol. The Morgan fingerprint density at radius 1 is 0.738 bits per heavy atom. The highest BCUT2D eigenvalue weighted by Gasteiger charge is 2.36. The number of likely N-dealkylation sites (N-methyl/N-ethyl adjacent to an activating group) is 2. The molecule has 5 N–H and O–H groups in total. The number of ether oxygens (including phenoxy) is 2. The number of anilines is 2. The Labute approximate surface area is 404 Å². The summed E-state index contributed by atoms with van der Waals surface area (Å²) in [6, 6.07) is 23.3. The van der Waals surface area contributed by atoms with Gasteiger partial charge in [-0.15, -0.1) is 24.8 Å². The van der Waals surface area contributed by atoms with E-state index in [9.17, 15) is 14.4 Å². The summed E-state index contributed by atoms with van der Waals surface area (Å²) in [7, 11) is 3.50. The molecule has 0 unspecified atom stereocenters. The highest BCUT2D eigenvalue weighted by atomic mass is 35.5. The summed E-state index contributed by atoms with van der Waals surface area (Å²) in [5, 5.41) is 3.10. The quantitative estimate of drug-likeness (QED) is 0.0973. The SMILES string of the molecule is CN(Cc1cccnc1)C(=O)COc1ccc(CCC[N+]2(CCCc3ccc(OCC(=O)N(C)Cc4cccnc4)cc3)CCC[C@H](NC(=O)c3nc(Cl)c(N)nc3N)C2)cc1.Cl.Cl.[Cl-]. The molecule has 350 valence electrons. The molecular formula is C46H58Cl4N10O5. The minimum atomic E-state index is -0.421. The number of amides is 3. The molecule has 1 saturated heterocycles. The summed E-state index contributed by atoms with van der Waals surface area (Å²) >= 11 is 6.09. The maximum Gasteiger partial charge on any atom is 0.274 e. The topological polar surface area (TPSA) is 192 Å². The number of hydrogen-bond acceptors (Lipinski definition) is 11. The number of carbonyl (C=O) groups is 3. The van der Waals surface area contributed by atoms with Gasteiger partial charge in [-0.05, 0) is 84.3 Å². The van der Waals surface area contributed by atoms with Crippen LogP contribution in [0.2, 0.25) is 5.15 Å². The van der Waals surface area contributed by atoms with E-state index in [1.165, 1.54) is 11.1 Å². The van der Waals surface area contributed by atoms with E-state index < -0.39 is 5.91 Å². The van der Waals surface area contributed by atoms with E-state index >= 15 is 0 Å². The summed E-state index contributed by atoms with van der Waals surface area (Å²) < 4.78 is 12.5. The summed E-state index contributed by atoms with van der Waals surface area (Å²) in [6.45, 7) is 4.42. The molecule has 6 rings (SSSR count). The zero-order valence-corrected chi connectivity index (χ0v) is 39.8. The van der Waals surface area contributed by atoms with Gasteiger partial charge in [0.15, 0.2) is 35.7 Å². The van der Waals surface area contributed by atoms with Crippen LogP contribution in [-0.4, -0.2) is 111 Å². The van der Waals surface area contributed by atoms with Crippen LogP contribution in [-0.2, 0) is 35.5 Å². The molecule has 19 heteroatoms. The molecule has 5 aromatic rings. The summed E-state index contributed by atoms with van der Waals surface area (Å²) in [5.41, 5.74) is 16.0. The first-order valence-corrected chi connectivity index (χ1v) is 21.3. The first-order chi connectivity index (χ1) is 29.9. The average Bonchev–Trinajstić information content (AvgIpc) is 3.27. The lowest BCUT2D eigenvalue weighted by Crippen LogP contribution is -3.00. The second-order valence-electron chi connectivity index (χ2n) is 15.9. The number of hydrogen-bond donors (Lipinski definition) is 3. The fourth-order valence-corrected chi connectivity index (χ4v) is 7.91. The fraction of sp³-hybridized carbons (Fsp3) is 0.370. The van der Waals surface area contributed by atoms with Crippen LogP contribution in [0.5, 0.6) is 11.5 Å². The number of aromatic nitrogens is 4. The molecule has 65 heavy (non-hydrogen) atoms. The van der Waals surface area contributed by atoms with Gasteiger partial charge in [0.05, 0.1) is 32.2 Å². The molecule has 3 amide bonds. The summed E-state index contributed by atoms with van der Waals surface area (Å²) in [6.07, 6.45) is 12.3. The molecule has 1 aliphatic rings. The lowest BCUT2D eigenvalue weighted by Gasteiger charge is -2.45. The van der Waals surface area contributed by atoms with Gasteiger partial charge in [0.25, 0.3) is 17.7 Å². The van der Waals surface area contributed by atoms with Gasteiger partial charge in [-0.3, -0.25) is 24.4 Å². The molecule has 15 nitrogen and oxygen atoms in total. The minimum absolute atomic E-state index is 0. The van der Waals surface area contributed by atoms with Crippen LogP contribution >= 0.6 is 36.4 Å². The maximum absolute atomic E-state index is 13.4. The van der Waals surface area contributed by atoms with Crippen molar-refractivity contribution in [3.63, 3.8) is 0 Å². The molecule has 3 aromatic heterocycles. The molecule has 2 aromatic carbocycles. The van der Waals surface area contributed by atoms with Gasteiger partial charge in [-0.2, -0.15) is 0 Å². The van der Waals surface area contributed by atoms with E-state index in [1.807, 2.05) is 48.5 Å². The second-order valence-corrected chi connectivity index (χ2v) is 16.3. The predicted molar refractivity (Wildman–Crippen MR) is 253 cm³/mol. The normalized spacial score (nSPS) is 13.7. The van der Waals surface area contributed by atoms with Gasteiger partial charge in [-0.1, -0.05) is 48.0 Å². The van der Waals surface area contributed by atoms with Crippen LogP contribution in [0.3, 0.4) is 0 Å². The van der Waals surface area contributed by atoms with Gasteiger partial charge in [-0.25, -0.2) is 9.97 Å².